The summed E-state index contributed by atoms with van der Waals surface area (Å²) in [6, 6.07) is 0.784. The predicted octanol–water partition coefficient (Wildman–Crippen LogP) is 0.411. The minimum Gasteiger partial charge on any atom is -0.366 e. The highest BCUT2D eigenvalue weighted by Gasteiger charge is 2.13. The fourth-order valence-corrected chi connectivity index (χ4v) is 0.806. The summed E-state index contributed by atoms with van der Waals surface area (Å²) in [7, 11) is 0. The second-order valence-electron chi connectivity index (χ2n) is 2.34. The molecule has 4 nitrogen and oxygen atoms in total. The van der Waals surface area contributed by atoms with Gasteiger partial charge in [-0.15, -0.1) is 0 Å². The van der Waals surface area contributed by atoms with Crippen LogP contribution in [0, 0.1) is 0 Å². The smallest absolute Gasteiger partial charge is 0.269 e. The number of hydrogen-bond donors (Lipinski definition) is 2. The molecule has 1 rings (SSSR count). The van der Waals surface area contributed by atoms with Gasteiger partial charge in [0.2, 0.25) is 5.91 Å². The van der Waals surface area contributed by atoms with Crippen molar-refractivity contribution in [3.63, 3.8) is 0 Å². The van der Waals surface area contributed by atoms with E-state index in [1.54, 1.807) is 0 Å². The summed E-state index contributed by atoms with van der Waals surface area (Å²) in [5, 5.41) is 0. The molecule has 0 aliphatic carbocycles. The van der Waals surface area contributed by atoms with Crippen LogP contribution < -0.4 is 11.3 Å². The average molecular weight is 188 g/mol. The first-order valence-electron chi connectivity index (χ1n) is 3.33. The second-order valence-corrected chi connectivity index (χ2v) is 2.34. The lowest BCUT2D eigenvalue weighted by atomic mass is 10.2. The zero-order valence-corrected chi connectivity index (χ0v) is 6.38. The first kappa shape index (κ1) is 9.37. The molecule has 0 saturated heterocycles. The number of rotatable bonds is 2. The minimum atomic E-state index is -2.91. The van der Waals surface area contributed by atoms with Crippen LogP contribution in [0.4, 0.5) is 8.78 Å². The minimum absolute atomic E-state index is 0.144. The van der Waals surface area contributed by atoms with Crippen LogP contribution in [0.3, 0.4) is 0 Å². The number of alkyl halides is 2. The Hall–Kier alpha value is -1.72. The Kier molecular flexibility index (Phi) is 2.41. The molecule has 0 saturated carbocycles. The van der Waals surface area contributed by atoms with E-state index < -0.39 is 23.5 Å². The van der Waals surface area contributed by atoms with E-state index in [4.69, 9.17) is 5.73 Å². The van der Waals surface area contributed by atoms with Crippen molar-refractivity contribution in [1.82, 2.24) is 4.98 Å². The molecule has 0 aliphatic heterocycles. The largest absolute Gasteiger partial charge is 0.366 e. The number of pyridine rings is 1. The van der Waals surface area contributed by atoms with Crippen molar-refractivity contribution in [2.45, 2.75) is 6.43 Å². The van der Waals surface area contributed by atoms with E-state index in [1.807, 2.05) is 4.98 Å². The van der Waals surface area contributed by atoms with Crippen molar-refractivity contribution < 1.29 is 13.6 Å². The van der Waals surface area contributed by atoms with E-state index in [2.05, 4.69) is 0 Å². The molecule has 0 aliphatic rings. The maximum absolute atomic E-state index is 12.1. The Balaban J connectivity index is 3.27. The Morgan fingerprint density at radius 1 is 1.54 bits per heavy atom. The van der Waals surface area contributed by atoms with Crippen LogP contribution in [0.25, 0.3) is 0 Å². The third-order valence-corrected chi connectivity index (χ3v) is 1.45. The summed E-state index contributed by atoms with van der Waals surface area (Å²) in [5.74, 6) is -0.863. The summed E-state index contributed by atoms with van der Waals surface area (Å²) in [6.45, 7) is 0. The lowest BCUT2D eigenvalue weighted by Gasteiger charge is -1.99. The summed E-state index contributed by atoms with van der Waals surface area (Å²) >= 11 is 0. The molecule has 3 N–H and O–H groups in total. The Labute approximate surface area is 71.4 Å². The normalized spacial score (nSPS) is 10.4. The van der Waals surface area contributed by atoms with Gasteiger partial charge in [-0.05, 0) is 6.07 Å². The van der Waals surface area contributed by atoms with E-state index in [9.17, 15) is 18.4 Å². The van der Waals surface area contributed by atoms with Gasteiger partial charge in [-0.1, -0.05) is 0 Å². The zero-order valence-electron chi connectivity index (χ0n) is 6.38. The maximum Gasteiger partial charge on any atom is 0.269 e. The number of primary amides is 1. The van der Waals surface area contributed by atoms with Gasteiger partial charge in [-0.2, -0.15) is 0 Å². The standard InChI is InChI=1S/C7H6F2N2O2/c8-5(9)4-1-3(6(10)12)2-11-7(4)13/h1-2,5H,(H2,10,12)(H,11,13). The van der Waals surface area contributed by atoms with E-state index in [0.29, 0.717) is 0 Å². The number of hydrogen-bond acceptors (Lipinski definition) is 2. The summed E-state index contributed by atoms with van der Waals surface area (Å²) in [6.07, 6.45) is -1.92. The SMILES string of the molecule is NC(=O)c1c[nH]c(=O)c(C(F)F)c1. The lowest BCUT2D eigenvalue weighted by molar-refractivity contribution is 0.0999. The van der Waals surface area contributed by atoms with Gasteiger partial charge in [-0.3, -0.25) is 9.59 Å². The first-order chi connectivity index (χ1) is 6.02. The Morgan fingerprint density at radius 3 is 2.62 bits per heavy atom. The maximum atomic E-state index is 12.1. The number of aromatic nitrogens is 1. The van der Waals surface area contributed by atoms with Crippen LogP contribution >= 0.6 is 0 Å². The van der Waals surface area contributed by atoms with Crippen LogP contribution in [0.1, 0.15) is 22.3 Å². The van der Waals surface area contributed by atoms with E-state index in [0.717, 1.165) is 12.3 Å². The molecule has 6 heteroatoms. The average Bonchev–Trinajstić information content (AvgIpc) is 2.04. The van der Waals surface area contributed by atoms with Gasteiger partial charge >= 0.3 is 0 Å². The van der Waals surface area contributed by atoms with Crippen molar-refractivity contribution in [2.24, 2.45) is 5.73 Å². The van der Waals surface area contributed by atoms with Crippen molar-refractivity contribution in [3.05, 3.63) is 33.7 Å². The third kappa shape index (κ3) is 1.90. The molecule has 0 bridgehead atoms. The van der Waals surface area contributed by atoms with Crippen LogP contribution in [0.5, 0.6) is 0 Å². The van der Waals surface area contributed by atoms with Gasteiger partial charge in [0.15, 0.2) is 0 Å². The fourth-order valence-electron chi connectivity index (χ4n) is 0.806. The summed E-state index contributed by atoms with van der Waals surface area (Å²) in [5.41, 5.74) is 3.01. The van der Waals surface area contributed by atoms with Gasteiger partial charge < -0.3 is 10.7 Å². The van der Waals surface area contributed by atoms with Gasteiger partial charge in [0.1, 0.15) is 0 Å². The van der Waals surface area contributed by atoms with E-state index >= 15 is 0 Å². The highest BCUT2D eigenvalue weighted by atomic mass is 19.3. The first-order valence-corrected chi connectivity index (χ1v) is 3.33. The molecule has 1 amide bonds. The van der Waals surface area contributed by atoms with Gasteiger partial charge in [-0.25, -0.2) is 8.78 Å². The second kappa shape index (κ2) is 3.34. The predicted molar refractivity (Wildman–Crippen MR) is 40.5 cm³/mol. The number of carbonyl (C=O) groups excluding carboxylic acids is 1. The molecular formula is C7H6F2N2O2. The topological polar surface area (TPSA) is 76.0 Å². The van der Waals surface area contributed by atoms with Crippen LogP contribution in [-0.2, 0) is 0 Å². The summed E-state index contributed by atoms with van der Waals surface area (Å²) < 4.78 is 24.2. The van der Waals surface area contributed by atoms with E-state index in [-0.39, 0.29) is 5.56 Å². The number of nitrogens with one attached hydrogen (secondary N) is 1. The quantitative estimate of drug-likeness (QED) is 0.705. The van der Waals surface area contributed by atoms with E-state index in [1.165, 1.54) is 0 Å². The molecule has 0 atom stereocenters. The van der Waals surface area contributed by atoms with Crippen molar-refractivity contribution in [1.29, 1.82) is 0 Å². The lowest BCUT2D eigenvalue weighted by Crippen LogP contribution is -2.18. The van der Waals surface area contributed by atoms with Crippen molar-refractivity contribution >= 4 is 5.91 Å². The third-order valence-electron chi connectivity index (χ3n) is 1.45. The molecule has 0 fully saturated rings. The fraction of sp³-hybridized carbons (Fsp3) is 0.143. The van der Waals surface area contributed by atoms with Gasteiger partial charge in [0, 0.05) is 6.20 Å². The molecular weight excluding hydrogens is 182 g/mol. The molecule has 13 heavy (non-hydrogen) atoms. The highest BCUT2D eigenvalue weighted by molar-refractivity contribution is 5.92. The molecule has 0 unspecified atom stereocenters. The molecule has 0 aromatic carbocycles. The number of nitrogens with two attached hydrogens (primary N) is 1. The number of carbonyl (C=O) groups is 1. The van der Waals surface area contributed by atoms with Crippen molar-refractivity contribution in [3.8, 4) is 0 Å². The number of aromatic amines is 1. The van der Waals surface area contributed by atoms with Gasteiger partial charge in [0.25, 0.3) is 12.0 Å². The van der Waals surface area contributed by atoms with Crippen molar-refractivity contribution in [2.75, 3.05) is 0 Å². The zero-order chi connectivity index (χ0) is 10.0. The molecule has 1 heterocycles. The monoisotopic (exact) mass is 188 g/mol. The summed E-state index contributed by atoms with van der Waals surface area (Å²) in [4.78, 5) is 23.3. The van der Waals surface area contributed by atoms with Crippen LogP contribution in [0.2, 0.25) is 0 Å². The Morgan fingerprint density at radius 2 is 2.15 bits per heavy atom. The highest BCUT2D eigenvalue weighted by Crippen LogP contribution is 2.14. The molecule has 0 spiro atoms. The number of halogens is 2. The molecule has 1 aromatic rings. The molecule has 0 radical (unpaired) electrons. The van der Waals surface area contributed by atoms with Crippen LogP contribution in [-0.4, -0.2) is 10.9 Å². The molecule has 70 valence electrons. The van der Waals surface area contributed by atoms with Gasteiger partial charge in [0.05, 0.1) is 11.1 Å². The number of H-pyrrole nitrogens is 1. The Bertz CT molecular complexity index is 386. The molecule has 1 aromatic heterocycles. The number of amides is 1. The van der Waals surface area contributed by atoms with Crippen LogP contribution in [0.15, 0.2) is 17.1 Å².